The highest BCUT2D eigenvalue weighted by Gasteiger charge is 2.22. The Morgan fingerprint density at radius 2 is 1.80 bits per heavy atom. The average Bonchev–Trinajstić information content (AvgIpc) is 2.64. The maximum atomic E-state index is 12.7. The van der Waals surface area contributed by atoms with Crippen LogP contribution in [0.5, 0.6) is 0 Å². The van der Waals surface area contributed by atoms with E-state index in [1.54, 1.807) is 16.7 Å². The second-order valence-corrected chi connectivity index (χ2v) is 7.19. The molecule has 0 saturated carbocycles. The summed E-state index contributed by atoms with van der Waals surface area (Å²) in [5, 5.41) is 3.03. The molecule has 0 bridgehead atoms. The highest BCUT2D eigenvalue weighted by Crippen LogP contribution is 2.20. The van der Waals surface area contributed by atoms with Crippen LogP contribution in [0, 0.1) is 0 Å². The van der Waals surface area contributed by atoms with Crippen molar-refractivity contribution in [2.75, 3.05) is 33.9 Å². The fourth-order valence-electron chi connectivity index (χ4n) is 2.70. The normalized spacial score (nSPS) is 12.0. The molecule has 0 fully saturated rings. The summed E-state index contributed by atoms with van der Waals surface area (Å²) < 4.78 is 0. The van der Waals surface area contributed by atoms with E-state index < -0.39 is 0 Å². The third kappa shape index (κ3) is 5.80. The summed E-state index contributed by atoms with van der Waals surface area (Å²) in [6, 6.07) is 18.3. The second-order valence-electron chi connectivity index (χ2n) is 6.31. The molecule has 2 aromatic carbocycles. The lowest BCUT2D eigenvalue weighted by Gasteiger charge is -2.31. The Balaban J connectivity index is 2.04. The van der Waals surface area contributed by atoms with Crippen LogP contribution < -0.4 is 5.32 Å². The van der Waals surface area contributed by atoms with Gasteiger partial charge in [-0.2, -0.15) is 0 Å². The topological polar surface area (TPSA) is 35.6 Å². The number of likely N-dealkylation sites (N-methyl/N-ethyl adjacent to an activating group) is 2. The molecule has 0 heterocycles. The molecule has 2 amide bonds. The van der Waals surface area contributed by atoms with Gasteiger partial charge in [-0.1, -0.05) is 42.5 Å². The Morgan fingerprint density at radius 1 is 1.08 bits per heavy atom. The summed E-state index contributed by atoms with van der Waals surface area (Å²) in [4.78, 5) is 17.7. The van der Waals surface area contributed by atoms with Crippen LogP contribution in [0.4, 0.5) is 4.79 Å². The van der Waals surface area contributed by atoms with Crippen molar-refractivity contribution in [2.24, 2.45) is 0 Å². The van der Waals surface area contributed by atoms with Crippen molar-refractivity contribution in [3.05, 3.63) is 65.7 Å². The number of nitrogens with zero attached hydrogens (tertiary/aromatic N) is 2. The lowest BCUT2D eigenvalue weighted by molar-refractivity contribution is 0.176. The summed E-state index contributed by atoms with van der Waals surface area (Å²) in [6.07, 6.45) is 2.05. The largest absolute Gasteiger partial charge is 0.334 e. The van der Waals surface area contributed by atoms with Crippen molar-refractivity contribution in [2.45, 2.75) is 17.5 Å². The Morgan fingerprint density at radius 3 is 2.44 bits per heavy atom. The first-order valence-electron chi connectivity index (χ1n) is 8.34. The molecule has 2 rings (SSSR count). The fourth-order valence-corrected chi connectivity index (χ4v) is 3.18. The zero-order valence-corrected chi connectivity index (χ0v) is 16.2. The van der Waals surface area contributed by atoms with E-state index in [-0.39, 0.29) is 12.1 Å². The minimum atomic E-state index is -0.0646. The number of carbonyl (C=O) groups excluding carboxylic acids is 1. The van der Waals surface area contributed by atoms with Gasteiger partial charge in [-0.05, 0) is 43.6 Å². The molecule has 2 aromatic rings. The summed E-state index contributed by atoms with van der Waals surface area (Å²) in [6.45, 7) is 1.30. The van der Waals surface area contributed by atoms with Crippen molar-refractivity contribution in [1.82, 2.24) is 15.1 Å². The number of rotatable bonds is 7. The summed E-state index contributed by atoms with van der Waals surface area (Å²) in [7, 11) is 5.90. The Labute approximate surface area is 155 Å². The van der Waals surface area contributed by atoms with Crippen LogP contribution in [0.3, 0.4) is 0 Å². The van der Waals surface area contributed by atoms with Crippen molar-refractivity contribution in [3.63, 3.8) is 0 Å². The number of benzene rings is 2. The summed E-state index contributed by atoms with van der Waals surface area (Å²) >= 11 is 1.70. The van der Waals surface area contributed by atoms with Gasteiger partial charge in [0, 0.05) is 25.0 Å². The monoisotopic (exact) mass is 357 g/mol. The molecular weight excluding hydrogens is 330 g/mol. The minimum absolute atomic E-state index is 0.00808. The van der Waals surface area contributed by atoms with Crippen LogP contribution in [0.15, 0.2) is 59.5 Å². The predicted molar refractivity (Wildman–Crippen MR) is 106 cm³/mol. The van der Waals surface area contributed by atoms with Crippen LogP contribution in [0.25, 0.3) is 0 Å². The minimum Gasteiger partial charge on any atom is -0.334 e. The van der Waals surface area contributed by atoms with Crippen LogP contribution >= 0.6 is 11.8 Å². The Bertz CT molecular complexity index is 676. The molecule has 0 aliphatic rings. The molecule has 4 nitrogen and oxygen atoms in total. The number of nitrogens with one attached hydrogen (secondary N) is 1. The Hall–Kier alpha value is -1.98. The molecular formula is C20H27N3OS. The van der Waals surface area contributed by atoms with Gasteiger partial charge in [0.15, 0.2) is 0 Å². The molecule has 134 valence electrons. The molecule has 1 N–H and O–H groups in total. The van der Waals surface area contributed by atoms with Crippen molar-refractivity contribution >= 4 is 17.8 Å². The van der Waals surface area contributed by atoms with E-state index in [9.17, 15) is 4.79 Å². The molecule has 0 radical (unpaired) electrons. The smallest absolute Gasteiger partial charge is 0.317 e. The third-order valence-corrected chi connectivity index (χ3v) is 4.81. The van der Waals surface area contributed by atoms with Gasteiger partial charge >= 0.3 is 6.03 Å². The van der Waals surface area contributed by atoms with E-state index in [0.29, 0.717) is 6.54 Å². The van der Waals surface area contributed by atoms with E-state index in [1.165, 1.54) is 4.90 Å². The number of hydrogen-bond donors (Lipinski definition) is 1. The lowest BCUT2D eigenvalue weighted by Crippen LogP contribution is -2.42. The molecule has 0 unspecified atom stereocenters. The highest BCUT2D eigenvalue weighted by molar-refractivity contribution is 7.98. The quantitative estimate of drug-likeness (QED) is 0.765. The number of carbonyl (C=O) groups is 1. The number of thioether (sulfide) groups is 1. The fraction of sp³-hybridized carbons (Fsp3) is 0.350. The maximum Gasteiger partial charge on any atom is 0.317 e. The van der Waals surface area contributed by atoms with E-state index >= 15 is 0 Å². The van der Waals surface area contributed by atoms with Gasteiger partial charge in [0.05, 0.1) is 6.04 Å². The van der Waals surface area contributed by atoms with Gasteiger partial charge in [-0.15, -0.1) is 11.8 Å². The third-order valence-electron chi connectivity index (χ3n) is 4.09. The van der Waals surface area contributed by atoms with Gasteiger partial charge in [-0.25, -0.2) is 4.79 Å². The molecule has 0 saturated heterocycles. The van der Waals surface area contributed by atoms with E-state index in [1.807, 2.05) is 51.5 Å². The molecule has 0 spiro atoms. The van der Waals surface area contributed by atoms with Gasteiger partial charge in [0.25, 0.3) is 0 Å². The predicted octanol–water partition coefficient (Wildman–Crippen LogP) is 3.85. The van der Waals surface area contributed by atoms with Crippen molar-refractivity contribution in [1.29, 1.82) is 0 Å². The SMILES string of the molecule is CSc1cccc(CNC(=O)N(C)[C@@H](CN(C)C)c2ccccc2)c1. The molecule has 0 aliphatic heterocycles. The first-order chi connectivity index (χ1) is 12.0. The first kappa shape index (κ1) is 19.3. The van der Waals surface area contributed by atoms with Crippen molar-refractivity contribution < 1.29 is 4.79 Å². The molecule has 0 aliphatic carbocycles. The molecule has 5 heteroatoms. The van der Waals surface area contributed by atoms with Gasteiger partial charge in [0.1, 0.15) is 0 Å². The zero-order valence-electron chi connectivity index (χ0n) is 15.4. The maximum absolute atomic E-state index is 12.7. The number of urea groups is 1. The molecule has 0 aromatic heterocycles. The number of hydrogen-bond acceptors (Lipinski definition) is 3. The molecule has 25 heavy (non-hydrogen) atoms. The summed E-state index contributed by atoms with van der Waals surface area (Å²) in [5.74, 6) is 0. The van der Waals surface area contributed by atoms with Gasteiger partial charge in [-0.3, -0.25) is 0 Å². The second kappa shape index (κ2) is 9.49. The average molecular weight is 358 g/mol. The van der Waals surface area contributed by atoms with E-state index in [4.69, 9.17) is 0 Å². The Kier molecular flexibility index (Phi) is 7.34. The van der Waals surface area contributed by atoms with Crippen LogP contribution in [0.2, 0.25) is 0 Å². The van der Waals surface area contributed by atoms with Crippen LogP contribution in [-0.4, -0.2) is 49.8 Å². The standard InChI is InChI=1S/C20H27N3OS/c1-22(2)15-19(17-10-6-5-7-11-17)23(3)20(24)21-14-16-9-8-12-18(13-16)25-4/h5-13,19H,14-15H2,1-4H3,(H,21,24)/t19-/m0/s1. The van der Waals surface area contributed by atoms with Crippen LogP contribution in [0.1, 0.15) is 17.2 Å². The van der Waals surface area contributed by atoms with E-state index in [0.717, 1.165) is 17.7 Å². The highest BCUT2D eigenvalue weighted by atomic mass is 32.2. The van der Waals surface area contributed by atoms with Gasteiger partial charge in [0.2, 0.25) is 0 Å². The first-order valence-corrected chi connectivity index (χ1v) is 9.57. The van der Waals surface area contributed by atoms with Crippen LogP contribution in [-0.2, 0) is 6.54 Å². The lowest BCUT2D eigenvalue weighted by atomic mass is 10.1. The molecule has 1 atom stereocenters. The summed E-state index contributed by atoms with van der Waals surface area (Å²) in [5.41, 5.74) is 2.25. The van der Waals surface area contributed by atoms with Crippen molar-refractivity contribution in [3.8, 4) is 0 Å². The van der Waals surface area contributed by atoms with E-state index in [2.05, 4.69) is 40.7 Å². The zero-order chi connectivity index (χ0) is 18.2. The number of amides is 2. The van der Waals surface area contributed by atoms with Gasteiger partial charge < -0.3 is 15.1 Å².